The van der Waals surface area contributed by atoms with E-state index in [0.29, 0.717) is 11.4 Å². The summed E-state index contributed by atoms with van der Waals surface area (Å²) >= 11 is 0. The molecule has 0 spiro atoms. The summed E-state index contributed by atoms with van der Waals surface area (Å²) in [6, 6.07) is 4.28. The van der Waals surface area contributed by atoms with Crippen LogP contribution in [0, 0.1) is 20.8 Å². The number of carboxylic acids is 1. The summed E-state index contributed by atoms with van der Waals surface area (Å²) in [6.07, 6.45) is 0. The number of amides is 2. The molecule has 21 heavy (non-hydrogen) atoms. The number of carbonyl (C=O) groups excluding carboxylic acids is 1. The minimum absolute atomic E-state index is 0.0470. The fourth-order valence-electron chi connectivity index (χ4n) is 1.95. The molecule has 1 heterocycles. The lowest BCUT2D eigenvalue weighted by molar-refractivity contribution is 0.0698. The standard InChI is InChI=1S/C14H16N4O3/c1-7-4-5-11(10(6-7)13(19)20)15-14(21)16-12-8(2)17-18-9(12)3/h4-6H,1-3H3,(H,17,18)(H,19,20)(H2,15,16,21). The number of rotatable bonds is 3. The molecule has 0 radical (unpaired) electrons. The molecule has 0 saturated heterocycles. The molecule has 2 rings (SSSR count). The van der Waals surface area contributed by atoms with E-state index in [1.54, 1.807) is 32.9 Å². The van der Waals surface area contributed by atoms with Crippen LogP contribution in [-0.4, -0.2) is 27.3 Å². The first-order chi connectivity index (χ1) is 9.88. The summed E-state index contributed by atoms with van der Waals surface area (Å²) in [5, 5.41) is 21.1. The smallest absolute Gasteiger partial charge is 0.337 e. The van der Waals surface area contributed by atoms with Crippen LogP contribution < -0.4 is 10.6 Å². The number of carboxylic acid groups (broad SMARTS) is 1. The van der Waals surface area contributed by atoms with Crippen LogP contribution in [0.25, 0.3) is 0 Å². The number of hydrogen-bond acceptors (Lipinski definition) is 3. The van der Waals surface area contributed by atoms with E-state index in [4.69, 9.17) is 5.11 Å². The highest BCUT2D eigenvalue weighted by molar-refractivity contribution is 6.05. The second kappa shape index (κ2) is 5.66. The van der Waals surface area contributed by atoms with Gasteiger partial charge in [-0.1, -0.05) is 11.6 Å². The first-order valence-corrected chi connectivity index (χ1v) is 6.32. The Bertz CT molecular complexity index is 687. The SMILES string of the molecule is Cc1ccc(NC(=O)Nc2c(C)n[nH]c2C)c(C(=O)O)c1. The zero-order chi connectivity index (χ0) is 15.6. The number of anilines is 2. The number of carbonyl (C=O) groups is 2. The van der Waals surface area contributed by atoms with Gasteiger partial charge >= 0.3 is 12.0 Å². The third kappa shape index (κ3) is 3.19. The lowest BCUT2D eigenvalue weighted by atomic mass is 10.1. The van der Waals surface area contributed by atoms with Crippen LogP contribution in [0.3, 0.4) is 0 Å². The molecule has 7 heteroatoms. The summed E-state index contributed by atoms with van der Waals surface area (Å²) in [5.74, 6) is -1.09. The average Bonchev–Trinajstić information content (AvgIpc) is 2.72. The molecule has 0 fully saturated rings. The predicted molar refractivity (Wildman–Crippen MR) is 78.8 cm³/mol. The Morgan fingerprint density at radius 1 is 1.19 bits per heavy atom. The number of benzene rings is 1. The van der Waals surface area contributed by atoms with Crippen LogP contribution in [0.4, 0.5) is 16.2 Å². The third-order valence-corrected chi connectivity index (χ3v) is 3.02. The molecule has 0 aliphatic heterocycles. The lowest BCUT2D eigenvalue weighted by Crippen LogP contribution is -2.21. The van der Waals surface area contributed by atoms with E-state index in [2.05, 4.69) is 20.8 Å². The van der Waals surface area contributed by atoms with Gasteiger partial charge in [0.2, 0.25) is 0 Å². The Hall–Kier alpha value is -2.83. The fraction of sp³-hybridized carbons (Fsp3) is 0.214. The van der Waals surface area contributed by atoms with Crippen molar-refractivity contribution in [3.05, 3.63) is 40.7 Å². The number of urea groups is 1. The van der Waals surface area contributed by atoms with E-state index in [1.807, 2.05) is 0 Å². The van der Waals surface area contributed by atoms with Gasteiger partial charge in [0.1, 0.15) is 0 Å². The van der Waals surface area contributed by atoms with E-state index >= 15 is 0 Å². The van der Waals surface area contributed by atoms with Crippen LogP contribution in [0.5, 0.6) is 0 Å². The van der Waals surface area contributed by atoms with Crippen LogP contribution >= 0.6 is 0 Å². The van der Waals surface area contributed by atoms with Crippen molar-refractivity contribution in [2.45, 2.75) is 20.8 Å². The maximum absolute atomic E-state index is 12.0. The maximum atomic E-state index is 12.0. The second-order valence-corrected chi connectivity index (χ2v) is 4.74. The van der Waals surface area contributed by atoms with Crippen LogP contribution in [0.2, 0.25) is 0 Å². The van der Waals surface area contributed by atoms with Crippen molar-refractivity contribution >= 4 is 23.4 Å². The van der Waals surface area contributed by atoms with Crippen molar-refractivity contribution in [1.82, 2.24) is 10.2 Å². The van der Waals surface area contributed by atoms with Gasteiger partial charge in [0, 0.05) is 0 Å². The molecule has 0 aliphatic rings. The molecule has 7 nitrogen and oxygen atoms in total. The minimum atomic E-state index is -1.09. The summed E-state index contributed by atoms with van der Waals surface area (Å²) in [5.41, 5.74) is 3.06. The number of aromatic nitrogens is 2. The van der Waals surface area contributed by atoms with Gasteiger partial charge in [-0.05, 0) is 32.9 Å². The van der Waals surface area contributed by atoms with Crippen molar-refractivity contribution in [3.63, 3.8) is 0 Å². The molecule has 0 aliphatic carbocycles. The zero-order valence-corrected chi connectivity index (χ0v) is 11.9. The molecule has 1 aromatic heterocycles. The largest absolute Gasteiger partial charge is 0.478 e. The summed E-state index contributed by atoms with van der Waals surface area (Å²) in [7, 11) is 0. The topological polar surface area (TPSA) is 107 Å². The zero-order valence-electron chi connectivity index (χ0n) is 11.9. The maximum Gasteiger partial charge on any atom is 0.337 e. The van der Waals surface area contributed by atoms with Crippen molar-refractivity contribution in [3.8, 4) is 0 Å². The van der Waals surface area contributed by atoms with E-state index in [0.717, 1.165) is 11.3 Å². The Balaban J connectivity index is 2.19. The van der Waals surface area contributed by atoms with Crippen molar-refractivity contribution in [2.24, 2.45) is 0 Å². The normalized spacial score (nSPS) is 10.2. The third-order valence-electron chi connectivity index (χ3n) is 3.02. The number of H-pyrrole nitrogens is 1. The van der Waals surface area contributed by atoms with Gasteiger partial charge < -0.3 is 15.7 Å². The molecular weight excluding hydrogens is 272 g/mol. The number of nitrogens with one attached hydrogen (secondary N) is 3. The Morgan fingerprint density at radius 3 is 2.48 bits per heavy atom. The van der Waals surface area contributed by atoms with Gasteiger partial charge in [-0.15, -0.1) is 0 Å². The number of aromatic carboxylic acids is 1. The monoisotopic (exact) mass is 288 g/mol. The molecule has 2 amide bonds. The molecule has 0 unspecified atom stereocenters. The van der Waals surface area contributed by atoms with Gasteiger partial charge in [-0.25, -0.2) is 9.59 Å². The highest BCUT2D eigenvalue weighted by Gasteiger charge is 2.14. The van der Waals surface area contributed by atoms with Crippen molar-refractivity contribution < 1.29 is 14.7 Å². The van der Waals surface area contributed by atoms with Crippen LogP contribution in [0.1, 0.15) is 27.3 Å². The molecule has 0 atom stereocenters. The summed E-state index contributed by atoms with van der Waals surface area (Å²) in [6.45, 7) is 5.33. The lowest BCUT2D eigenvalue weighted by Gasteiger charge is -2.10. The number of aromatic amines is 1. The molecule has 1 aromatic carbocycles. The van der Waals surface area contributed by atoms with E-state index in [9.17, 15) is 9.59 Å². The van der Waals surface area contributed by atoms with Gasteiger partial charge in [0.25, 0.3) is 0 Å². The van der Waals surface area contributed by atoms with Crippen LogP contribution in [0.15, 0.2) is 18.2 Å². The summed E-state index contributed by atoms with van der Waals surface area (Å²) in [4.78, 5) is 23.2. The van der Waals surface area contributed by atoms with Gasteiger partial charge in [0.05, 0.1) is 28.3 Å². The second-order valence-electron chi connectivity index (χ2n) is 4.74. The van der Waals surface area contributed by atoms with Gasteiger partial charge in [0.15, 0.2) is 0 Å². The first-order valence-electron chi connectivity index (χ1n) is 6.32. The molecule has 0 saturated carbocycles. The quantitative estimate of drug-likeness (QED) is 0.696. The fourth-order valence-corrected chi connectivity index (χ4v) is 1.95. The minimum Gasteiger partial charge on any atom is -0.478 e. The summed E-state index contributed by atoms with van der Waals surface area (Å²) < 4.78 is 0. The number of hydrogen-bond donors (Lipinski definition) is 4. The predicted octanol–water partition coefficient (Wildman–Crippen LogP) is 2.68. The molecular formula is C14H16N4O3. The average molecular weight is 288 g/mol. The van der Waals surface area contributed by atoms with Crippen LogP contribution in [-0.2, 0) is 0 Å². The highest BCUT2D eigenvalue weighted by Crippen LogP contribution is 2.19. The molecule has 2 aromatic rings. The van der Waals surface area contributed by atoms with Crippen molar-refractivity contribution in [2.75, 3.05) is 10.6 Å². The Labute approximate surface area is 121 Å². The highest BCUT2D eigenvalue weighted by atomic mass is 16.4. The Kier molecular flexibility index (Phi) is 3.93. The molecule has 4 N–H and O–H groups in total. The number of aryl methyl sites for hydroxylation is 3. The molecule has 110 valence electrons. The van der Waals surface area contributed by atoms with Gasteiger partial charge in [-0.2, -0.15) is 5.10 Å². The molecule has 0 bridgehead atoms. The van der Waals surface area contributed by atoms with E-state index in [1.165, 1.54) is 6.07 Å². The Morgan fingerprint density at radius 2 is 1.90 bits per heavy atom. The van der Waals surface area contributed by atoms with E-state index in [-0.39, 0.29) is 11.3 Å². The van der Waals surface area contributed by atoms with Gasteiger partial charge in [-0.3, -0.25) is 5.10 Å². The first kappa shape index (κ1) is 14.6. The number of nitrogens with zero attached hydrogens (tertiary/aromatic N) is 1. The van der Waals surface area contributed by atoms with E-state index < -0.39 is 12.0 Å². The van der Waals surface area contributed by atoms with Crippen molar-refractivity contribution in [1.29, 1.82) is 0 Å².